The zero-order valence-electron chi connectivity index (χ0n) is 12.1. The van der Waals surface area contributed by atoms with Crippen molar-refractivity contribution in [1.82, 2.24) is 4.57 Å². The quantitative estimate of drug-likeness (QED) is 0.856. The number of pyridine rings is 1. The Labute approximate surface area is 119 Å². The van der Waals surface area contributed by atoms with Gasteiger partial charge in [-0.15, -0.1) is 0 Å². The van der Waals surface area contributed by atoms with Crippen molar-refractivity contribution in [2.45, 2.75) is 26.2 Å². The second kappa shape index (κ2) is 5.75. The van der Waals surface area contributed by atoms with Gasteiger partial charge in [0.25, 0.3) is 5.56 Å². The van der Waals surface area contributed by atoms with Crippen LogP contribution < -0.4 is 5.56 Å². The highest BCUT2D eigenvalue weighted by Gasteiger charge is 2.08. The Bertz CT molecular complexity index is 703. The molecular weight excluding hydrogens is 248 g/mol. The van der Waals surface area contributed by atoms with Crippen LogP contribution in [-0.2, 0) is 13.5 Å². The monoisotopic (exact) mass is 266 g/mol. The van der Waals surface area contributed by atoms with Gasteiger partial charge in [-0.1, -0.05) is 44.2 Å². The molecule has 0 aliphatic carbocycles. The molecule has 0 aliphatic heterocycles. The summed E-state index contributed by atoms with van der Waals surface area (Å²) in [6.45, 7) is 4.31. The molecule has 0 N–H and O–H groups in total. The van der Waals surface area contributed by atoms with E-state index >= 15 is 0 Å². The summed E-state index contributed by atoms with van der Waals surface area (Å²) < 4.78 is 1.61. The number of nitrogens with zero attached hydrogens (tertiary/aromatic N) is 2. The van der Waals surface area contributed by atoms with Gasteiger partial charge in [0.1, 0.15) is 0 Å². The molecule has 3 heteroatoms. The van der Waals surface area contributed by atoms with Crippen LogP contribution in [-0.4, -0.2) is 4.57 Å². The lowest BCUT2D eigenvalue weighted by Crippen LogP contribution is -2.21. The number of hydrogen-bond donors (Lipinski definition) is 0. The SMILES string of the molecule is CC(C)c1ccc(-c2ccc(CC#N)c(=O)n2C)cc1. The van der Waals surface area contributed by atoms with E-state index in [2.05, 4.69) is 26.0 Å². The highest BCUT2D eigenvalue weighted by molar-refractivity contribution is 5.60. The van der Waals surface area contributed by atoms with Crippen LogP contribution in [0.15, 0.2) is 41.2 Å². The van der Waals surface area contributed by atoms with E-state index < -0.39 is 0 Å². The zero-order chi connectivity index (χ0) is 14.7. The van der Waals surface area contributed by atoms with Crippen LogP contribution in [0.25, 0.3) is 11.3 Å². The standard InChI is InChI=1S/C17H18N2O/c1-12(2)13-4-6-14(7-5-13)16-9-8-15(10-11-18)17(20)19(16)3/h4-9,12H,10H2,1-3H3. The second-order valence-electron chi connectivity index (χ2n) is 5.22. The average molecular weight is 266 g/mol. The van der Waals surface area contributed by atoms with Gasteiger partial charge < -0.3 is 4.57 Å². The fourth-order valence-corrected chi connectivity index (χ4v) is 2.24. The molecule has 0 aliphatic rings. The first kappa shape index (κ1) is 14.1. The van der Waals surface area contributed by atoms with E-state index in [1.54, 1.807) is 17.7 Å². The average Bonchev–Trinajstić information content (AvgIpc) is 2.44. The lowest BCUT2D eigenvalue weighted by molar-refractivity contribution is 0.850. The van der Waals surface area contributed by atoms with E-state index in [0.29, 0.717) is 11.5 Å². The smallest absolute Gasteiger partial charge is 0.255 e. The molecule has 1 heterocycles. The van der Waals surface area contributed by atoms with E-state index in [1.165, 1.54) is 5.56 Å². The van der Waals surface area contributed by atoms with Crippen molar-refractivity contribution in [2.24, 2.45) is 7.05 Å². The molecule has 2 rings (SSSR count). The van der Waals surface area contributed by atoms with Crippen molar-refractivity contribution in [3.63, 3.8) is 0 Å². The minimum atomic E-state index is -0.100. The first-order chi connectivity index (χ1) is 9.54. The van der Waals surface area contributed by atoms with Gasteiger partial charge in [-0.2, -0.15) is 5.26 Å². The Hall–Kier alpha value is -2.34. The molecule has 0 radical (unpaired) electrons. The van der Waals surface area contributed by atoms with Gasteiger partial charge in [0, 0.05) is 12.6 Å². The zero-order valence-corrected chi connectivity index (χ0v) is 12.1. The Morgan fingerprint density at radius 1 is 1.15 bits per heavy atom. The predicted octanol–water partition coefficient (Wildman–Crippen LogP) is 3.24. The normalized spacial score (nSPS) is 10.6. The highest BCUT2D eigenvalue weighted by Crippen LogP contribution is 2.21. The van der Waals surface area contributed by atoms with E-state index in [1.807, 2.05) is 24.3 Å². The van der Waals surface area contributed by atoms with Crippen molar-refractivity contribution in [3.05, 3.63) is 57.9 Å². The van der Waals surface area contributed by atoms with Crippen LogP contribution in [0, 0.1) is 11.3 Å². The molecule has 3 nitrogen and oxygen atoms in total. The molecule has 0 atom stereocenters. The lowest BCUT2D eigenvalue weighted by Gasteiger charge is -2.11. The molecule has 0 unspecified atom stereocenters. The molecule has 102 valence electrons. The Balaban J connectivity index is 2.46. The molecule has 1 aromatic carbocycles. The number of benzene rings is 1. The molecule has 2 aromatic rings. The third-order valence-corrected chi connectivity index (χ3v) is 3.53. The van der Waals surface area contributed by atoms with Gasteiger partial charge in [-0.3, -0.25) is 4.79 Å². The van der Waals surface area contributed by atoms with Crippen LogP contribution in [0.1, 0.15) is 30.9 Å². The lowest BCUT2D eigenvalue weighted by atomic mass is 10.0. The van der Waals surface area contributed by atoms with Crippen molar-refractivity contribution in [2.75, 3.05) is 0 Å². The maximum absolute atomic E-state index is 12.1. The van der Waals surface area contributed by atoms with Crippen LogP contribution in [0.4, 0.5) is 0 Å². The molecule has 1 aromatic heterocycles. The number of nitriles is 1. The Morgan fingerprint density at radius 2 is 1.80 bits per heavy atom. The summed E-state index contributed by atoms with van der Waals surface area (Å²) in [6, 6.07) is 13.9. The third kappa shape index (κ3) is 2.65. The van der Waals surface area contributed by atoms with Crippen molar-refractivity contribution in [3.8, 4) is 17.3 Å². The van der Waals surface area contributed by atoms with E-state index in [-0.39, 0.29) is 12.0 Å². The summed E-state index contributed by atoms with van der Waals surface area (Å²) in [5.74, 6) is 0.492. The fourth-order valence-electron chi connectivity index (χ4n) is 2.24. The Morgan fingerprint density at radius 3 is 2.35 bits per heavy atom. The first-order valence-corrected chi connectivity index (χ1v) is 6.70. The molecule has 0 saturated heterocycles. The Kier molecular flexibility index (Phi) is 4.05. The van der Waals surface area contributed by atoms with Crippen LogP contribution in [0.3, 0.4) is 0 Å². The molecule has 0 amide bonds. The summed E-state index contributed by atoms with van der Waals surface area (Å²) in [4.78, 5) is 12.1. The fraction of sp³-hybridized carbons (Fsp3) is 0.294. The van der Waals surface area contributed by atoms with E-state index in [9.17, 15) is 4.79 Å². The largest absolute Gasteiger partial charge is 0.311 e. The topological polar surface area (TPSA) is 45.8 Å². The van der Waals surface area contributed by atoms with Gasteiger partial charge in [0.05, 0.1) is 18.2 Å². The van der Waals surface area contributed by atoms with E-state index in [0.717, 1.165) is 11.3 Å². The van der Waals surface area contributed by atoms with Crippen LogP contribution in [0.2, 0.25) is 0 Å². The van der Waals surface area contributed by atoms with Crippen LogP contribution in [0.5, 0.6) is 0 Å². The highest BCUT2D eigenvalue weighted by atomic mass is 16.1. The summed E-state index contributed by atoms with van der Waals surface area (Å²) in [5.41, 5.74) is 3.60. The summed E-state index contributed by atoms with van der Waals surface area (Å²) in [5, 5.41) is 8.71. The van der Waals surface area contributed by atoms with Gasteiger partial charge in [0.15, 0.2) is 0 Å². The second-order valence-corrected chi connectivity index (χ2v) is 5.22. The molecule has 0 saturated carbocycles. The minimum absolute atomic E-state index is 0.100. The number of hydrogen-bond acceptors (Lipinski definition) is 2. The maximum Gasteiger partial charge on any atom is 0.255 e. The minimum Gasteiger partial charge on any atom is -0.311 e. The summed E-state index contributed by atoms with van der Waals surface area (Å²) >= 11 is 0. The van der Waals surface area contributed by atoms with Gasteiger partial charge >= 0.3 is 0 Å². The third-order valence-electron chi connectivity index (χ3n) is 3.53. The van der Waals surface area contributed by atoms with Crippen molar-refractivity contribution in [1.29, 1.82) is 5.26 Å². The molecule has 20 heavy (non-hydrogen) atoms. The first-order valence-electron chi connectivity index (χ1n) is 6.70. The number of aromatic nitrogens is 1. The molecule has 0 bridgehead atoms. The summed E-state index contributed by atoms with van der Waals surface area (Å²) in [7, 11) is 1.74. The van der Waals surface area contributed by atoms with Crippen molar-refractivity contribution < 1.29 is 0 Å². The van der Waals surface area contributed by atoms with Crippen molar-refractivity contribution >= 4 is 0 Å². The van der Waals surface area contributed by atoms with Crippen LogP contribution >= 0.6 is 0 Å². The molecule has 0 spiro atoms. The summed E-state index contributed by atoms with van der Waals surface area (Å²) in [6.07, 6.45) is 0.152. The molecule has 0 fully saturated rings. The molecular formula is C17H18N2O. The van der Waals surface area contributed by atoms with Gasteiger partial charge in [-0.25, -0.2) is 0 Å². The van der Waals surface area contributed by atoms with Gasteiger partial charge in [0.2, 0.25) is 0 Å². The number of rotatable bonds is 3. The van der Waals surface area contributed by atoms with Gasteiger partial charge in [-0.05, 0) is 23.1 Å². The predicted molar refractivity (Wildman–Crippen MR) is 80.5 cm³/mol. The maximum atomic E-state index is 12.1. The van der Waals surface area contributed by atoms with E-state index in [4.69, 9.17) is 5.26 Å².